The van der Waals surface area contributed by atoms with Gasteiger partial charge in [-0.1, -0.05) is 65.8 Å². The van der Waals surface area contributed by atoms with Crippen molar-refractivity contribution in [3.05, 3.63) is 58.7 Å². The standard InChI is InChI=1S/C25H34N2O2S/c1-24(2,3)20-14-18(15-21(23(20)29)25(4,5)6)10-13-22(28)27-26-16-17-8-11-19(30-7)12-9-17/h8-9,11-12,14-16,29H,10,13H2,1-7H3,(H,27,28)/b26-16-. The number of nitrogens with one attached hydrogen (secondary N) is 1. The number of carbonyl (C=O) groups excluding carboxylic acids is 1. The highest BCUT2D eigenvalue weighted by Gasteiger charge is 2.26. The van der Waals surface area contributed by atoms with Crippen LogP contribution in [0.4, 0.5) is 0 Å². The Morgan fingerprint density at radius 1 is 1.03 bits per heavy atom. The number of thioether (sulfide) groups is 1. The van der Waals surface area contributed by atoms with Crippen LogP contribution in [-0.4, -0.2) is 23.5 Å². The van der Waals surface area contributed by atoms with E-state index in [1.54, 1.807) is 18.0 Å². The summed E-state index contributed by atoms with van der Waals surface area (Å²) in [6.07, 6.45) is 4.61. The SMILES string of the molecule is CSc1ccc(/C=N\NC(=O)CCc2cc(C(C)(C)C)c(O)c(C(C)(C)C)c2)cc1. The van der Waals surface area contributed by atoms with E-state index >= 15 is 0 Å². The summed E-state index contributed by atoms with van der Waals surface area (Å²) in [4.78, 5) is 13.4. The minimum atomic E-state index is -0.182. The molecule has 5 heteroatoms. The summed E-state index contributed by atoms with van der Waals surface area (Å²) in [6, 6.07) is 12.0. The van der Waals surface area contributed by atoms with Crippen LogP contribution >= 0.6 is 11.8 Å². The Kier molecular flexibility index (Phi) is 7.75. The molecule has 1 amide bonds. The molecular formula is C25H34N2O2S. The number of phenols is 1. The molecule has 0 spiro atoms. The lowest BCUT2D eigenvalue weighted by Crippen LogP contribution is -2.20. The zero-order chi connectivity index (χ0) is 22.5. The van der Waals surface area contributed by atoms with Crippen molar-refractivity contribution < 1.29 is 9.90 Å². The van der Waals surface area contributed by atoms with Crippen molar-refractivity contribution >= 4 is 23.9 Å². The first-order valence-corrected chi connectivity index (χ1v) is 11.5. The Labute approximate surface area is 185 Å². The van der Waals surface area contributed by atoms with E-state index in [1.165, 1.54) is 4.90 Å². The molecule has 30 heavy (non-hydrogen) atoms. The molecule has 0 aromatic heterocycles. The van der Waals surface area contributed by atoms with Crippen molar-refractivity contribution in [3.63, 3.8) is 0 Å². The molecule has 2 aromatic carbocycles. The monoisotopic (exact) mass is 426 g/mol. The first kappa shape index (κ1) is 24.0. The summed E-state index contributed by atoms with van der Waals surface area (Å²) in [7, 11) is 0. The molecule has 0 bridgehead atoms. The number of amides is 1. The summed E-state index contributed by atoms with van der Waals surface area (Å²) in [5.74, 6) is 0.231. The highest BCUT2D eigenvalue weighted by Crippen LogP contribution is 2.39. The third-order valence-electron chi connectivity index (χ3n) is 4.95. The molecule has 2 N–H and O–H groups in total. The van der Waals surface area contributed by atoms with Crippen molar-refractivity contribution in [3.8, 4) is 5.75 Å². The number of aromatic hydroxyl groups is 1. The quantitative estimate of drug-likeness (QED) is 0.349. The second-order valence-electron chi connectivity index (χ2n) is 9.61. The zero-order valence-corrected chi connectivity index (χ0v) is 20.0. The lowest BCUT2D eigenvalue weighted by atomic mass is 9.78. The molecule has 0 fully saturated rings. The fourth-order valence-corrected chi connectivity index (χ4v) is 3.57. The molecule has 0 saturated carbocycles. The maximum atomic E-state index is 12.3. The number of rotatable bonds is 6. The van der Waals surface area contributed by atoms with Gasteiger partial charge in [0.05, 0.1) is 6.21 Å². The molecule has 0 unspecified atom stereocenters. The predicted octanol–water partition coefficient (Wildman–Crippen LogP) is 5.79. The van der Waals surface area contributed by atoms with Gasteiger partial charge in [-0.2, -0.15) is 5.10 Å². The van der Waals surface area contributed by atoms with Gasteiger partial charge in [-0.15, -0.1) is 11.8 Å². The zero-order valence-electron chi connectivity index (χ0n) is 19.2. The third kappa shape index (κ3) is 6.63. The first-order valence-electron chi connectivity index (χ1n) is 10.2. The topological polar surface area (TPSA) is 61.7 Å². The van der Waals surface area contributed by atoms with Crippen molar-refractivity contribution in [1.82, 2.24) is 5.43 Å². The van der Waals surface area contributed by atoms with Crippen molar-refractivity contribution in [2.75, 3.05) is 6.26 Å². The number of hydrogen-bond acceptors (Lipinski definition) is 4. The van der Waals surface area contributed by atoms with Gasteiger partial charge in [-0.25, -0.2) is 5.43 Å². The molecule has 0 aliphatic carbocycles. The lowest BCUT2D eigenvalue weighted by Gasteiger charge is -2.28. The van der Waals surface area contributed by atoms with Crippen LogP contribution in [0.2, 0.25) is 0 Å². The molecule has 2 aromatic rings. The van der Waals surface area contributed by atoms with Crippen molar-refractivity contribution in [2.24, 2.45) is 5.10 Å². The normalized spacial score (nSPS) is 12.4. The predicted molar refractivity (Wildman–Crippen MR) is 128 cm³/mol. The molecule has 0 saturated heterocycles. The maximum Gasteiger partial charge on any atom is 0.240 e. The number of aryl methyl sites for hydroxylation is 1. The van der Waals surface area contributed by atoms with Crippen LogP contribution in [0.25, 0.3) is 0 Å². The van der Waals surface area contributed by atoms with Gasteiger partial charge in [0.1, 0.15) is 5.75 Å². The van der Waals surface area contributed by atoms with Gasteiger partial charge in [-0.05, 0) is 57.9 Å². The van der Waals surface area contributed by atoms with Crippen molar-refractivity contribution in [1.29, 1.82) is 0 Å². The van der Waals surface area contributed by atoms with Gasteiger partial charge in [0.25, 0.3) is 0 Å². The number of nitrogens with zero attached hydrogens (tertiary/aromatic N) is 1. The molecule has 162 valence electrons. The molecule has 4 nitrogen and oxygen atoms in total. The second kappa shape index (κ2) is 9.69. The summed E-state index contributed by atoms with van der Waals surface area (Å²) < 4.78 is 0. The van der Waals surface area contributed by atoms with E-state index < -0.39 is 0 Å². The van der Waals surface area contributed by atoms with E-state index in [2.05, 4.69) is 52.1 Å². The van der Waals surface area contributed by atoms with Gasteiger partial charge in [-0.3, -0.25) is 4.79 Å². The van der Waals surface area contributed by atoms with Gasteiger partial charge in [0.2, 0.25) is 5.91 Å². The fourth-order valence-electron chi connectivity index (χ4n) is 3.16. The number of phenolic OH excluding ortho intramolecular Hbond substituents is 1. The first-order chi connectivity index (χ1) is 13.9. The molecular weight excluding hydrogens is 392 g/mol. The molecule has 0 atom stereocenters. The van der Waals surface area contributed by atoms with Crippen LogP contribution in [0.15, 0.2) is 46.4 Å². The third-order valence-corrected chi connectivity index (χ3v) is 5.69. The van der Waals surface area contributed by atoms with Gasteiger partial charge >= 0.3 is 0 Å². The number of carbonyl (C=O) groups is 1. The second-order valence-corrected chi connectivity index (χ2v) is 10.5. The van der Waals surface area contributed by atoms with E-state index in [1.807, 2.05) is 42.7 Å². The van der Waals surface area contributed by atoms with Crippen LogP contribution in [-0.2, 0) is 22.0 Å². The number of hydrazone groups is 1. The van der Waals surface area contributed by atoms with Crippen LogP contribution in [0.5, 0.6) is 5.75 Å². The molecule has 2 rings (SSSR count). The average molecular weight is 427 g/mol. The van der Waals surface area contributed by atoms with Crippen molar-refractivity contribution in [2.45, 2.75) is 70.1 Å². The minimum Gasteiger partial charge on any atom is -0.507 e. The molecule has 0 aliphatic heterocycles. The highest BCUT2D eigenvalue weighted by atomic mass is 32.2. The Hall–Kier alpha value is -2.27. The lowest BCUT2D eigenvalue weighted by molar-refractivity contribution is -0.121. The molecule has 0 heterocycles. The van der Waals surface area contributed by atoms with E-state index in [9.17, 15) is 9.90 Å². The summed E-state index contributed by atoms with van der Waals surface area (Å²) in [5, 5.41) is 14.9. The van der Waals surface area contributed by atoms with Crippen LogP contribution in [0, 0.1) is 0 Å². The van der Waals surface area contributed by atoms with Crippen LogP contribution < -0.4 is 5.43 Å². The van der Waals surface area contributed by atoms with E-state index in [0.717, 1.165) is 22.3 Å². The molecule has 0 aliphatic rings. The Morgan fingerprint density at radius 2 is 1.57 bits per heavy atom. The number of hydrogen-bond donors (Lipinski definition) is 2. The highest BCUT2D eigenvalue weighted by molar-refractivity contribution is 7.98. The smallest absolute Gasteiger partial charge is 0.240 e. The Bertz CT molecular complexity index is 869. The largest absolute Gasteiger partial charge is 0.507 e. The summed E-state index contributed by atoms with van der Waals surface area (Å²) >= 11 is 1.69. The maximum absolute atomic E-state index is 12.3. The Morgan fingerprint density at radius 3 is 2.03 bits per heavy atom. The van der Waals surface area contributed by atoms with E-state index in [4.69, 9.17) is 0 Å². The minimum absolute atomic E-state index is 0.130. The van der Waals surface area contributed by atoms with Gasteiger partial charge < -0.3 is 5.11 Å². The fraction of sp³-hybridized carbons (Fsp3) is 0.440. The number of benzene rings is 2. The summed E-state index contributed by atoms with van der Waals surface area (Å²) in [6.45, 7) is 12.5. The van der Waals surface area contributed by atoms with Crippen LogP contribution in [0.1, 0.15) is 70.2 Å². The Balaban J connectivity index is 2.06. The van der Waals surface area contributed by atoms with E-state index in [-0.39, 0.29) is 16.7 Å². The average Bonchev–Trinajstić information content (AvgIpc) is 2.66. The van der Waals surface area contributed by atoms with Gasteiger partial charge in [0.15, 0.2) is 0 Å². The van der Waals surface area contributed by atoms with Gasteiger partial charge in [0, 0.05) is 11.3 Å². The molecule has 0 radical (unpaired) electrons. The van der Waals surface area contributed by atoms with E-state index in [0.29, 0.717) is 18.6 Å². The van der Waals surface area contributed by atoms with Crippen LogP contribution in [0.3, 0.4) is 0 Å². The summed E-state index contributed by atoms with van der Waals surface area (Å²) in [5.41, 5.74) is 6.06.